The second-order valence-corrected chi connectivity index (χ2v) is 7.87. The highest BCUT2D eigenvalue weighted by Crippen LogP contribution is 2.35. The molecule has 0 N–H and O–H groups in total. The summed E-state index contributed by atoms with van der Waals surface area (Å²) >= 11 is 5.99. The first-order valence-corrected chi connectivity index (χ1v) is 10.1. The van der Waals surface area contributed by atoms with E-state index < -0.39 is 0 Å². The third-order valence-electron chi connectivity index (χ3n) is 5.06. The van der Waals surface area contributed by atoms with Crippen LogP contribution in [0.4, 0.5) is 5.69 Å². The van der Waals surface area contributed by atoms with E-state index in [1.54, 1.807) is 4.90 Å². The van der Waals surface area contributed by atoms with Gasteiger partial charge in [0.15, 0.2) is 0 Å². The highest BCUT2D eigenvalue weighted by atomic mass is 35.5. The molecule has 144 valence electrons. The van der Waals surface area contributed by atoms with Crippen molar-refractivity contribution in [1.29, 1.82) is 0 Å². The molecule has 2 nitrogen and oxygen atoms in total. The summed E-state index contributed by atoms with van der Waals surface area (Å²) in [5.41, 5.74) is 5.61. The van der Waals surface area contributed by atoms with Crippen molar-refractivity contribution in [3.8, 4) is 0 Å². The van der Waals surface area contributed by atoms with Crippen molar-refractivity contribution < 1.29 is 4.79 Å². The minimum Gasteiger partial charge on any atom is -0.276 e. The third-order valence-corrected chi connectivity index (χ3v) is 5.31. The summed E-state index contributed by atoms with van der Waals surface area (Å²) in [7, 11) is 0. The lowest BCUT2D eigenvalue weighted by Crippen LogP contribution is -2.24. The Morgan fingerprint density at radius 1 is 0.862 bits per heavy atom. The number of rotatable bonds is 4. The normalized spacial score (nSPS) is 15.3. The SMILES string of the molecule is CC(C)c1ccc(N2C(=O)/C(=C/c3ccc(Cl)cc3)C=C2c2ccccc2)cc1. The quantitative estimate of drug-likeness (QED) is 0.435. The topological polar surface area (TPSA) is 20.3 Å². The second kappa shape index (κ2) is 8.10. The fourth-order valence-electron chi connectivity index (χ4n) is 3.44. The number of hydrogen-bond donors (Lipinski definition) is 0. The van der Waals surface area contributed by atoms with E-state index in [0.717, 1.165) is 22.5 Å². The van der Waals surface area contributed by atoms with E-state index in [-0.39, 0.29) is 5.91 Å². The zero-order chi connectivity index (χ0) is 20.4. The van der Waals surface area contributed by atoms with Gasteiger partial charge in [-0.3, -0.25) is 9.69 Å². The van der Waals surface area contributed by atoms with E-state index in [4.69, 9.17) is 11.6 Å². The summed E-state index contributed by atoms with van der Waals surface area (Å²) in [6, 6.07) is 25.7. The lowest BCUT2D eigenvalue weighted by atomic mass is 10.0. The van der Waals surface area contributed by atoms with Crippen molar-refractivity contribution in [2.45, 2.75) is 19.8 Å². The number of anilines is 1. The van der Waals surface area contributed by atoms with Crippen LogP contribution >= 0.6 is 11.6 Å². The Hall–Kier alpha value is -3.10. The maximum absolute atomic E-state index is 13.4. The molecule has 1 aliphatic heterocycles. The summed E-state index contributed by atoms with van der Waals surface area (Å²) < 4.78 is 0. The summed E-state index contributed by atoms with van der Waals surface area (Å²) in [6.07, 6.45) is 3.87. The van der Waals surface area contributed by atoms with Crippen LogP contribution in [0, 0.1) is 0 Å². The van der Waals surface area contributed by atoms with Crippen LogP contribution in [0.5, 0.6) is 0 Å². The maximum Gasteiger partial charge on any atom is 0.262 e. The molecule has 1 amide bonds. The molecule has 0 atom stereocenters. The van der Waals surface area contributed by atoms with Crippen LogP contribution in [0.15, 0.2) is 90.5 Å². The first-order chi connectivity index (χ1) is 14.0. The minimum absolute atomic E-state index is 0.0314. The average Bonchev–Trinajstić information content (AvgIpc) is 3.06. The number of nitrogens with zero attached hydrogens (tertiary/aromatic N) is 1. The largest absolute Gasteiger partial charge is 0.276 e. The molecular weight excluding hydrogens is 378 g/mol. The zero-order valence-electron chi connectivity index (χ0n) is 16.5. The first-order valence-electron chi connectivity index (χ1n) is 9.72. The monoisotopic (exact) mass is 399 g/mol. The van der Waals surface area contributed by atoms with Gasteiger partial charge in [0, 0.05) is 16.3 Å². The molecule has 3 heteroatoms. The minimum atomic E-state index is -0.0314. The number of carbonyl (C=O) groups is 1. The van der Waals surface area contributed by atoms with Crippen molar-refractivity contribution in [3.63, 3.8) is 0 Å². The van der Waals surface area contributed by atoms with Crippen LogP contribution in [-0.4, -0.2) is 5.91 Å². The Morgan fingerprint density at radius 2 is 1.52 bits per heavy atom. The molecule has 0 bridgehead atoms. The fourth-order valence-corrected chi connectivity index (χ4v) is 3.57. The highest BCUT2D eigenvalue weighted by molar-refractivity contribution is 6.30. The molecule has 0 spiro atoms. The van der Waals surface area contributed by atoms with Gasteiger partial charge in [0.25, 0.3) is 5.91 Å². The number of carbonyl (C=O) groups excluding carboxylic acids is 1. The van der Waals surface area contributed by atoms with Crippen LogP contribution in [-0.2, 0) is 4.79 Å². The molecule has 1 heterocycles. The molecule has 4 rings (SSSR count). The Kier molecular flexibility index (Phi) is 5.37. The third kappa shape index (κ3) is 4.03. The van der Waals surface area contributed by atoms with Crippen molar-refractivity contribution in [3.05, 3.63) is 112 Å². The van der Waals surface area contributed by atoms with E-state index in [9.17, 15) is 4.79 Å². The van der Waals surface area contributed by atoms with Crippen LogP contribution in [0.25, 0.3) is 11.8 Å². The number of amides is 1. The maximum atomic E-state index is 13.4. The van der Waals surface area contributed by atoms with Gasteiger partial charge in [-0.1, -0.05) is 80.0 Å². The zero-order valence-corrected chi connectivity index (χ0v) is 17.2. The molecule has 0 unspecified atom stereocenters. The Bertz CT molecular complexity index is 1080. The fraction of sp³-hybridized carbons (Fsp3) is 0.115. The van der Waals surface area contributed by atoms with E-state index in [1.807, 2.05) is 78.9 Å². The summed E-state index contributed by atoms with van der Waals surface area (Å²) in [5, 5.41) is 0.678. The Labute approximate surface area is 176 Å². The Balaban J connectivity index is 1.78. The van der Waals surface area contributed by atoms with Gasteiger partial charge >= 0.3 is 0 Å². The molecule has 0 radical (unpaired) electrons. The van der Waals surface area contributed by atoms with Gasteiger partial charge < -0.3 is 0 Å². The standard InChI is InChI=1S/C26H22ClNO/c1-18(2)20-10-14-24(15-11-20)28-25(21-6-4-3-5-7-21)17-22(26(28)29)16-19-8-12-23(27)13-9-19/h3-18H,1-2H3/b22-16+. The number of benzene rings is 3. The van der Waals surface area contributed by atoms with Crippen LogP contribution < -0.4 is 4.90 Å². The predicted molar refractivity (Wildman–Crippen MR) is 122 cm³/mol. The Morgan fingerprint density at radius 3 is 2.14 bits per heavy atom. The van der Waals surface area contributed by atoms with Crippen molar-refractivity contribution in [2.75, 3.05) is 4.90 Å². The summed E-state index contributed by atoms with van der Waals surface area (Å²) in [5.74, 6) is 0.416. The molecule has 3 aromatic rings. The molecule has 29 heavy (non-hydrogen) atoms. The first kappa shape index (κ1) is 19.2. The van der Waals surface area contributed by atoms with Crippen LogP contribution in [0.3, 0.4) is 0 Å². The highest BCUT2D eigenvalue weighted by Gasteiger charge is 2.30. The van der Waals surface area contributed by atoms with Gasteiger partial charge in [-0.25, -0.2) is 0 Å². The number of halogens is 1. The number of hydrogen-bond acceptors (Lipinski definition) is 1. The molecule has 3 aromatic carbocycles. The molecule has 0 aliphatic carbocycles. The van der Waals surface area contributed by atoms with E-state index >= 15 is 0 Å². The molecule has 0 fully saturated rings. The van der Waals surface area contributed by atoms with Gasteiger partial charge in [-0.15, -0.1) is 0 Å². The summed E-state index contributed by atoms with van der Waals surface area (Å²) in [6.45, 7) is 4.33. The molecule has 0 aromatic heterocycles. The van der Waals surface area contributed by atoms with E-state index in [2.05, 4.69) is 26.0 Å². The van der Waals surface area contributed by atoms with Gasteiger partial charge in [-0.05, 0) is 59.0 Å². The van der Waals surface area contributed by atoms with E-state index in [1.165, 1.54) is 5.56 Å². The molecule has 0 saturated heterocycles. The second-order valence-electron chi connectivity index (χ2n) is 7.43. The summed E-state index contributed by atoms with van der Waals surface area (Å²) in [4.78, 5) is 15.2. The average molecular weight is 400 g/mol. The van der Waals surface area contributed by atoms with Crippen molar-refractivity contribution in [1.82, 2.24) is 0 Å². The van der Waals surface area contributed by atoms with E-state index in [0.29, 0.717) is 16.5 Å². The molecule has 0 saturated carbocycles. The van der Waals surface area contributed by atoms with Crippen LogP contribution in [0.1, 0.15) is 36.5 Å². The molecule has 1 aliphatic rings. The van der Waals surface area contributed by atoms with Crippen LogP contribution in [0.2, 0.25) is 5.02 Å². The van der Waals surface area contributed by atoms with Gasteiger partial charge in [0.2, 0.25) is 0 Å². The molecular formula is C26H22ClNO. The lowest BCUT2D eigenvalue weighted by molar-refractivity contribution is -0.113. The van der Waals surface area contributed by atoms with Crippen molar-refractivity contribution >= 4 is 35.0 Å². The smallest absolute Gasteiger partial charge is 0.262 e. The predicted octanol–water partition coefficient (Wildman–Crippen LogP) is 6.93. The lowest BCUT2D eigenvalue weighted by Gasteiger charge is -2.21. The van der Waals surface area contributed by atoms with Gasteiger partial charge in [0.1, 0.15) is 0 Å². The van der Waals surface area contributed by atoms with Gasteiger partial charge in [-0.2, -0.15) is 0 Å². The van der Waals surface area contributed by atoms with Crippen molar-refractivity contribution in [2.24, 2.45) is 0 Å². The van der Waals surface area contributed by atoms with Gasteiger partial charge in [0.05, 0.1) is 5.70 Å².